The van der Waals surface area contributed by atoms with Crippen molar-refractivity contribution < 1.29 is 14.3 Å². The second-order valence-corrected chi connectivity index (χ2v) is 4.48. The number of benzene rings is 1. The van der Waals surface area contributed by atoms with Crippen LogP contribution in [0.1, 0.15) is 5.56 Å². The van der Waals surface area contributed by atoms with Crippen molar-refractivity contribution >= 4 is 30.1 Å². The Kier molecular flexibility index (Phi) is 7.12. The van der Waals surface area contributed by atoms with E-state index < -0.39 is 5.91 Å². The van der Waals surface area contributed by atoms with Gasteiger partial charge >= 0.3 is 0 Å². The number of nitrogens with zero attached hydrogens (tertiary/aromatic N) is 3. The van der Waals surface area contributed by atoms with Crippen LogP contribution in [0, 0.1) is 0 Å². The number of hydrogen-bond acceptors (Lipinski definition) is 6. The number of hydrogen-bond donors (Lipinski definition) is 1. The summed E-state index contributed by atoms with van der Waals surface area (Å²) in [5.41, 5.74) is 6.03. The average molecular weight is 336 g/mol. The van der Waals surface area contributed by atoms with Gasteiger partial charge < -0.3 is 15.2 Å². The van der Waals surface area contributed by atoms with Gasteiger partial charge in [-0.15, -0.1) is 5.10 Å². The molecular formula is C18H16N4O3. The minimum atomic E-state index is -0.698. The zero-order valence-electron chi connectivity index (χ0n) is 13.2. The summed E-state index contributed by atoms with van der Waals surface area (Å²) in [5, 5.41) is 7.52. The lowest BCUT2D eigenvalue weighted by molar-refractivity contribution is -0.111. The predicted molar refractivity (Wildman–Crippen MR) is 98.2 cm³/mol. The monoisotopic (exact) mass is 336 g/mol. The Morgan fingerprint density at radius 3 is 2.76 bits per heavy atom. The molecule has 1 aliphatic heterocycles. The lowest BCUT2D eigenvalue weighted by atomic mass is 10.1. The fourth-order valence-corrected chi connectivity index (χ4v) is 1.64. The molecule has 0 aromatic heterocycles. The summed E-state index contributed by atoms with van der Waals surface area (Å²) in [7, 11) is 0. The number of rotatable bonds is 1. The maximum Gasteiger partial charge on any atom is 0.269 e. The van der Waals surface area contributed by atoms with Crippen LogP contribution in [0.25, 0.3) is 6.08 Å². The highest BCUT2D eigenvalue weighted by atomic mass is 16.5. The maximum atomic E-state index is 11.4. The molecule has 1 aliphatic rings. The second kappa shape index (κ2) is 10.1. The molecule has 0 bridgehead atoms. The van der Waals surface area contributed by atoms with Gasteiger partial charge in [-0.1, -0.05) is 18.2 Å². The molecule has 7 nitrogen and oxygen atoms in total. The first-order valence-electron chi connectivity index (χ1n) is 7.26. The maximum absolute atomic E-state index is 11.4. The summed E-state index contributed by atoms with van der Waals surface area (Å²) in [6.07, 6.45) is 15.0. The number of carbonyl (C=O) groups excluding carboxylic acids is 1. The SMILES string of the molecule is NC(=O)C1=NN=CC=NC=CC=COC=COc2ccccc2C=C1. The quantitative estimate of drug-likeness (QED) is 0.853. The lowest BCUT2D eigenvalue weighted by Crippen LogP contribution is -2.21. The number of allylic oxidation sites excluding steroid dienone is 2. The summed E-state index contributed by atoms with van der Waals surface area (Å²) in [5.74, 6) is -0.125. The van der Waals surface area contributed by atoms with E-state index in [4.69, 9.17) is 15.2 Å². The Bertz CT molecular complexity index is 802. The van der Waals surface area contributed by atoms with Crippen LogP contribution in [0.2, 0.25) is 0 Å². The van der Waals surface area contributed by atoms with Crippen molar-refractivity contribution in [3.05, 3.63) is 73.0 Å². The predicted octanol–water partition coefficient (Wildman–Crippen LogP) is 2.59. The van der Waals surface area contributed by atoms with Crippen LogP contribution in [0.3, 0.4) is 0 Å². The van der Waals surface area contributed by atoms with Crippen molar-refractivity contribution in [1.82, 2.24) is 0 Å². The molecular weight excluding hydrogens is 320 g/mol. The zero-order chi connectivity index (χ0) is 17.7. The molecule has 0 saturated carbocycles. The van der Waals surface area contributed by atoms with E-state index in [2.05, 4.69) is 15.2 Å². The number of ether oxygens (including phenoxy) is 2. The largest absolute Gasteiger partial charge is 0.469 e. The van der Waals surface area contributed by atoms with E-state index >= 15 is 0 Å². The van der Waals surface area contributed by atoms with Crippen molar-refractivity contribution in [2.24, 2.45) is 20.9 Å². The Morgan fingerprint density at radius 1 is 1.00 bits per heavy atom. The summed E-state index contributed by atoms with van der Waals surface area (Å²) in [6.45, 7) is 0. The number of carbonyl (C=O) groups is 1. The molecule has 0 spiro atoms. The summed E-state index contributed by atoms with van der Waals surface area (Å²) < 4.78 is 10.6. The zero-order valence-corrected chi connectivity index (χ0v) is 13.2. The molecule has 0 atom stereocenters. The van der Waals surface area contributed by atoms with Crippen LogP contribution < -0.4 is 10.5 Å². The van der Waals surface area contributed by atoms with E-state index in [1.807, 2.05) is 18.2 Å². The van der Waals surface area contributed by atoms with E-state index in [-0.39, 0.29) is 5.71 Å². The number of primary amides is 1. The average Bonchev–Trinajstić information content (AvgIpc) is 2.61. The van der Waals surface area contributed by atoms with Gasteiger partial charge in [0.2, 0.25) is 0 Å². The number of aliphatic imine (C=N–C) groups is 1. The number of para-hydroxylation sites is 1. The standard InChI is InChI=1S/C18H16N4O3/c19-18(23)16-8-7-15-5-1-2-6-17(15)25-14-13-24-12-4-3-9-20-10-11-21-22-16/h1-14H,(H2,19,23). The van der Waals surface area contributed by atoms with Crippen molar-refractivity contribution in [3.63, 3.8) is 0 Å². The van der Waals surface area contributed by atoms with Gasteiger partial charge in [0, 0.05) is 18.0 Å². The van der Waals surface area contributed by atoms with Gasteiger partial charge in [0.05, 0.1) is 12.5 Å². The summed E-state index contributed by atoms with van der Waals surface area (Å²) >= 11 is 0. The Balaban J connectivity index is 2.33. The van der Waals surface area contributed by atoms with Crippen LogP contribution in [0.5, 0.6) is 5.75 Å². The molecule has 0 radical (unpaired) electrons. The molecule has 2 N–H and O–H groups in total. The minimum absolute atomic E-state index is 0.00193. The highest BCUT2D eigenvalue weighted by molar-refractivity contribution is 6.43. The van der Waals surface area contributed by atoms with E-state index in [1.165, 1.54) is 43.5 Å². The molecule has 1 aromatic rings. The first-order valence-corrected chi connectivity index (χ1v) is 7.26. The Hall–Kier alpha value is -3.74. The molecule has 1 amide bonds. The fraction of sp³-hybridized carbons (Fsp3) is 0. The minimum Gasteiger partial charge on any atom is -0.469 e. The second-order valence-electron chi connectivity index (χ2n) is 4.48. The van der Waals surface area contributed by atoms with Crippen molar-refractivity contribution in [1.29, 1.82) is 0 Å². The molecule has 1 aromatic carbocycles. The van der Waals surface area contributed by atoms with Crippen LogP contribution in [0.4, 0.5) is 0 Å². The first kappa shape index (κ1) is 17.6. The Labute approximate surface area is 144 Å². The topological polar surface area (TPSA) is 98.6 Å². The third-order valence-electron chi connectivity index (χ3n) is 2.75. The highest BCUT2D eigenvalue weighted by Gasteiger charge is 2.04. The van der Waals surface area contributed by atoms with E-state index in [0.717, 1.165) is 5.56 Å². The van der Waals surface area contributed by atoms with Crippen LogP contribution in [-0.2, 0) is 9.53 Å². The van der Waals surface area contributed by atoms with Gasteiger partial charge in [0.1, 0.15) is 18.3 Å². The van der Waals surface area contributed by atoms with Gasteiger partial charge in [-0.3, -0.25) is 9.79 Å². The molecule has 0 fully saturated rings. The molecule has 25 heavy (non-hydrogen) atoms. The molecule has 0 unspecified atom stereocenters. The molecule has 126 valence electrons. The van der Waals surface area contributed by atoms with Gasteiger partial charge in [-0.05, 0) is 30.4 Å². The normalized spacial score (nSPS) is 14.6. The fourth-order valence-electron chi connectivity index (χ4n) is 1.64. The van der Waals surface area contributed by atoms with Crippen LogP contribution in [0.15, 0.2) is 82.7 Å². The molecule has 1 heterocycles. The van der Waals surface area contributed by atoms with Crippen molar-refractivity contribution in [2.45, 2.75) is 0 Å². The number of nitrogens with two attached hydrogens (primary N) is 1. The lowest BCUT2D eigenvalue weighted by Gasteiger charge is -2.04. The van der Waals surface area contributed by atoms with E-state index in [1.54, 1.807) is 24.3 Å². The van der Waals surface area contributed by atoms with E-state index in [0.29, 0.717) is 5.75 Å². The number of amides is 1. The summed E-state index contributed by atoms with van der Waals surface area (Å²) in [4.78, 5) is 15.4. The Morgan fingerprint density at radius 2 is 1.88 bits per heavy atom. The third-order valence-corrected chi connectivity index (χ3v) is 2.75. The summed E-state index contributed by atoms with van der Waals surface area (Å²) in [6, 6.07) is 7.25. The van der Waals surface area contributed by atoms with Crippen molar-refractivity contribution in [2.75, 3.05) is 0 Å². The molecule has 2 rings (SSSR count). The highest BCUT2D eigenvalue weighted by Crippen LogP contribution is 2.19. The molecule has 7 heteroatoms. The third kappa shape index (κ3) is 6.49. The van der Waals surface area contributed by atoms with Crippen molar-refractivity contribution in [3.8, 4) is 5.75 Å². The van der Waals surface area contributed by atoms with Crippen LogP contribution in [-0.4, -0.2) is 24.0 Å². The molecule has 0 saturated heterocycles. The first-order chi connectivity index (χ1) is 12.3. The van der Waals surface area contributed by atoms with Gasteiger partial charge in [-0.25, -0.2) is 0 Å². The van der Waals surface area contributed by atoms with E-state index in [9.17, 15) is 4.79 Å². The van der Waals surface area contributed by atoms with Gasteiger partial charge in [-0.2, -0.15) is 5.10 Å². The molecule has 0 aliphatic carbocycles. The van der Waals surface area contributed by atoms with Gasteiger partial charge in [0.25, 0.3) is 5.91 Å². The smallest absolute Gasteiger partial charge is 0.269 e. The van der Waals surface area contributed by atoms with Gasteiger partial charge in [0.15, 0.2) is 5.71 Å². The number of fused-ring (bicyclic) bond motifs is 1. The van der Waals surface area contributed by atoms with Crippen LogP contribution >= 0.6 is 0 Å².